The van der Waals surface area contributed by atoms with Crippen LogP contribution in [0.3, 0.4) is 0 Å². The summed E-state index contributed by atoms with van der Waals surface area (Å²) >= 11 is 0. The van der Waals surface area contributed by atoms with E-state index in [1.165, 1.54) is 38.5 Å². The Bertz CT molecular complexity index is 201. The summed E-state index contributed by atoms with van der Waals surface area (Å²) in [6.07, 6.45) is 8.41. The summed E-state index contributed by atoms with van der Waals surface area (Å²) < 4.78 is 0. The third-order valence-corrected chi connectivity index (χ3v) is 4.05. The van der Waals surface area contributed by atoms with Crippen LogP contribution in [0.25, 0.3) is 0 Å². The molecular weight excluding hydrogens is 212 g/mol. The number of hydrogen-bond acceptors (Lipinski definition) is 1. The molecule has 1 N–H and O–H groups in total. The molecule has 0 rings (SSSR count). The Morgan fingerprint density at radius 1 is 1.06 bits per heavy atom. The number of rotatable bonds is 10. The smallest absolute Gasteiger partial charge is 0.306 e. The van der Waals surface area contributed by atoms with Crippen molar-refractivity contribution in [2.45, 2.75) is 72.6 Å². The van der Waals surface area contributed by atoms with E-state index >= 15 is 0 Å². The first-order valence-corrected chi connectivity index (χ1v) is 7.27. The van der Waals surface area contributed by atoms with Crippen LogP contribution in [0.1, 0.15) is 72.6 Å². The van der Waals surface area contributed by atoms with Crippen molar-refractivity contribution < 1.29 is 9.90 Å². The molecule has 0 aromatic heterocycles. The summed E-state index contributed by atoms with van der Waals surface area (Å²) in [5, 5.41) is 9.13. The predicted octanol–water partition coefficient (Wildman–Crippen LogP) is 4.73. The SMILES string of the molecule is CCCCCCCC(C)C(C)C(CC)C(=O)O. The number of unbranched alkanes of at least 4 members (excludes halogenated alkanes) is 4. The molecule has 17 heavy (non-hydrogen) atoms. The van der Waals surface area contributed by atoms with Gasteiger partial charge in [0.25, 0.3) is 0 Å². The fraction of sp³-hybridized carbons (Fsp3) is 0.933. The van der Waals surface area contributed by atoms with E-state index in [1.54, 1.807) is 0 Å². The van der Waals surface area contributed by atoms with Gasteiger partial charge in [0.1, 0.15) is 0 Å². The molecule has 3 unspecified atom stereocenters. The van der Waals surface area contributed by atoms with E-state index in [9.17, 15) is 4.79 Å². The lowest BCUT2D eigenvalue weighted by molar-refractivity contribution is -0.144. The quantitative estimate of drug-likeness (QED) is 0.562. The summed E-state index contributed by atoms with van der Waals surface area (Å²) in [5.41, 5.74) is 0. The fourth-order valence-corrected chi connectivity index (χ4v) is 2.50. The van der Waals surface area contributed by atoms with Crippen LogP contribution >= 0.6 is 0 Å². The Labute approximate surface area is 107 Å². The largest absolute Gasteiger partial charge is 0.481 e. The second kappa shape index (κ2) is 9.49. The first-order chi connectivity index (χ1) is 8.04. The van der Waals surface area contributed by atoms with Gasteiger partial charge in [-0.1, -0.05) is 66.2 Å². The Morgan fingerprint density at radius 3 is 2.12 bits per heavy atom. The number of carbonyl (C=O) groups is 1. The third-order valence-electron chi connectivity index (χ3n) is 4.05. The first-order valence-electron chi connectivity index (χ1n) is 7.27. The zero-order chi connectivity index (χ0) is 13.3. The van der Waals surface area contributed by atoms with Gasteiger partial charge in [-0.3, -0.25) is 4.79 Å². The van der Waals surface area contributed by atoms with Gasteiger partial charge in [-0.15, -0.1) is 0 Å². The Balaban J connectivity index is 3.87. The minimum Gasteiger partial charge on any atom is -0.481 e. The van der Waals surface area contributed by atoms with Crippen LogP contribution in [-0.4, -0.2) is 11.1 Å². The van der Waals surface area contributed by atoms with Crippen LogP contribution < -0.4 is 0 Å². The van der Waals surface area contributed by atoms with Gasteiger partial charge in [0.05, 0.1) is 5.92 Å². The molecule has 0 saturated heterocycles. The zero-order valence-corrected chi connectivity index (χ0v) is 12.0. The zero-order valence-electron chi connectivity index (χ0n) is 12.0. The van der Waals surface area contributed by atoms with Crippen molar-refractivity contribution >= 4 is 5.97 Å². The molecule has 102 valence electrons. The Hall–Kier alpha value is -0.530. The molecule has 0 amide bonds. The topological polar surface area (TPSA) is 37.3 Å². The van der Waals surface area contributed by atoms with Gasteiger partial charge >= 0.3 is 5.97 Å². The van der Waals surface area contributed by atoms with Crippen LogP contribution in [0.15, 0.2) is 0 Å². The standard InChI is InChI=1S/C15H30O2/c1-5-7-8-9-10-11-12(3)13(4)14(6-2)15(16)17/h12-14H,5-11H2,1-4H3,(H,16,17). The predicted molar refractivity (Wildman–Crippen MR) is 73.1 cm³/mol. The first kappa shape index (κ1) is 16.5. The van der Waals surface area contributed by atoms with Gasteiger partial charge in [0.15, 0.2) is 0 Å². The molecule has 2 nitrogen and oxygen atoms in total. The van der Waals surface area contributed by atoms with Crippen molar-refractivity contribution in [1.29, 1.82) is 0 Å². The molecule has 0 aliphatic heterocycles. The number of hydrogen-bond donors (Lipinski definition) is 1. The Morgan fingerprint density at radius 2 is 1.65 bits per heavy atom. The number of carboxylic acid groups (broad SMARTS) is 1. The van der Waals surface area contributed by atoms with E-state index in [-0.39, 0.29) is 5.92 Å². The van der Waals surface area contributed by atoms with E-state index in [2.05, 4.69) is 20.8 Å². The number of aliphatic carboxylic acids is 1. The molecule has 0 heterocycles. The van der Waals surface area contributed by atoms with Gasteiger partial charge in [-0.2, -0.15) is 0 Å². The van der Waals surface area contributed by atoms with Crippen molar-refractivity contribution in [1.82, 2.24) is 0 Å². The van der Waals surface area contributed by atoms with Crippen LogP contribution in [0.4, 0.5) is 0 Å². The monoisotopic (exact) mass is 242 g/mol. The molecule has 0 aromatic rings. The van der Waals surface area contributed by atoms with E-state index in [4.69, 9.17) is 5.11 Å². The summed E-state index contributed by atoms with van der Waals surface area (Å²) in [7, 11) is 0. The maximum Gasteiger partial charge on any atom is 0.306 e. The molecule has 0 aliphatic carbocycles. The lowest BCUT2D eigenvalue weighted by atomic mass is 9.80. The average Bonchev–Trinajstić information content (AvgIpc) is 2.28. The van der Waals surface area contributed by atoms with Crippen LogP contribution in [0, 0.1) is 17.8 Å². The average molecular weight is 242 g/mol. The maximum absolute atomic E-state index is 11.1. The summed E-state index contributed by atoms with van der Waals surface area (Å²) in [6.45, 7) is 8.50. The summed E-state index contributed by atoms with van der Waals surface area (Å²) in [6, 6.07) is 0. The third kappa shape index (κ3) is 6.70. The van der Waals surface area contributed by atoms with Crippen molar-refractivity contribution in [3.05, 3.63) is 0 Å². The molecule has 0 aliphatic rings. The summed E-state index contributed by atoms with van der Waals surface area (Å²) in [5.74, 6) is 0.0276. The maximum atomic E-state index is 11.1. The number of carboxylic acids is 1. The normalized spacial score (nSPS) is 16.5. The highest BCUT2D eigenvalue weighted by molar-refractivity contribution is 5.70. The second-order valence-corrected chi connectivity index (χ2v) is 5.39. The molecule has 0 spiro atoms. The van der Waals surface area contributed by atoms with E-state index in [0.717, 1.165) is 6.42 Å². The highest BCUT2D eigenvalue weighted by Crippen LogP contribution is 2.27. The minimum atomic E-state index is -0.627. The molecule has 3 atom stereocenters. The van der Waals surface area contributed by atoms with E-state index in [0.29, 0.717) is 11.8 Å². The molecule has 0 bridgehead atoms. The van der Waals surface area contributed by atoms with Gasteiger partial charge in [-0.05, 0) is 18.3 Å². The van der Waals surface area contributed by atoms with E-state index in [1.807, 2.05) is 6.92 Å². The van der Waals surface area contributed by atoms with Gasteiger partial charge in [-0.25, -0.2) is 0 Å². The molecule has 0 saturated carbocycles. The lowest BCUT2D eigenvalue weighted by Crippen LogP contribution is -2.25. The van der Waals surface area contributed by atoms with Crippen molar-refractivity contribution in [3.63, 3.8) is 0 Å². The van der Waals surface area contributed by atoms with Crippen molar-refractivity contribution in [3.8, 4) is 0 Å². The van der Waals surface area contributed by atoms with Gasteiger partial charge in [0, 0.05) is 0 Å². The lowest BCUT2D eigenvalue weighted by Gasteiger charge is -2.25. The van der Waals surface area contributed by atoms with Crippen LogP contribution in [0.5, 0.6) is 0 Å². The van der Waals surface area contributed by atoms with E-state index < -0.39 is 5.97 Å². The van der Waals surface area contributed by atoms with Crippen LogP contribution in [-0.2, 0) is 4.79 Å². The van der Waals surface area contributed by atoms with Gasteiger partial charge < -0.3 is 5.11 Å². The highest BCUT2D eigenvalue weighted by atomic mass is 16.4. The van der Waals surface area contributed by atoms with Crippen molar-refractivity contribution in [2.24, 2.45) is 17.8 Å². The Kier molecular flexibility index (Phi) is 9.20. The van der Waals surface area contributed by atoms with Crippen LogP contribution in [0.2, 0.25) is 0 Å². The van der Waals surface area contributed by atoms with Gasteiger partial charge in [0.2, 0.25) is 0 Å². The highest BCUT2D eigenvalue weighted by Gasteiger charge is 2.26. The molecule has 2 heteroatoms. The minimum absolute atomic E-state index is 0.166. The molecule has 0 fully saturated rings. The second-order valence-electron chi connectivity index (χ2n) is 5.39. The molecular formula is C15H30O2. The van der Waals surface area contributed by atoms with Crippen molar-refractivity contribution in [2.75, 3.05) is 0 Å². The summed E-state index contributed by atoms with van der Waals surface area (Å²) in [4.78, 5) is 11.1. The molecule has 0 aromatic carbocycles. The fourth-order valence-electron chi connectivity index (χ4n) is 2.50. The molecule has 0 radical (unpaired) electrons.